The molecule has 2 aromatic carbocycles. The largest absolute Gasteiger partial charge is 0.497 e. The van der Waals surface area contributed by atoms with Crippen molar-refractivity contribution < 1.29 is 18.7 Å². The average Bonchev–Trinajstić information content (AvgIpc) is 3.19. The van der Waals surface area contributed by atoms with Gasteiger partial charge in [-0.25, -0.2) is 5.43 Å². The zero-order valence-electron chi connectivity index (χ0n) is 18.3. The molecule has 0 atom stereocenters. The van der Waals surface area contributed by atoms with E-state index in [9.17, 15) is 9.59 Å². The number of hydrazone groups is 1. The molecule has 2 amide bonds. The van der Waals surface area contributed by atoms with Crippen LogP contribution >= 0.6 is 0 Å². The lowest BCUT2D eigenvalue weighted by molar-refractivity contribution is 0.0950. The van der Waals surface area contributed by atoms with Crippen LogP contribution in [-0.2, 0) is 6.42 Å². The summed E-state index contributed by atoms with van der Waals surface area (Å²) in [5, 5.41) is 4.38. The molecule has 3 aromatic rings. The Morgan fingerprint density at radius 3 is 2.47 bits per heavy atom. The van der Waals surface area contributed by atoms with Crippen molar-refractivity contribution in [1.29, 1.82) is 0 Å². The first-order valence-electron chi connectivity index (χ1n) is 10.5. The maximum absolute atomic E-state index is 13.1. The Kier molecular flexibility index (Phi) is 6.07. The fraction of sp³-hybridized carbons (Fsp3) is 0.240. The first-order valence-corrected chi connectivity index (χ1v) is 10.5. The van der Waals surface area contributed by atoms with Gasteiger partial charge >= 0.3 is 0 Å². The summed E-state index contributed by atoms with van der Waals surface area (Å²) in [6, 6.07) is 16.2. The number of carbonyl (C=O) groups excluding carboxylic acids is 2. The molecule has 0 saturated heterocycles. The average molecular weight is 431 g/mol. The van der Waals surface area contributed by atoms with E-state index in [2.05, 4.69) is 10.5 Å². The number of nitrogens with one attached hydrogen (secondary N) is 1. The second-order valence-electron chi connectivity index (χ2n) is 7.64. The molecule has 1 heterocycles. The van der Waals surface area contributed by atoms with Crippen LogP contribution < -0.4 is 15.1 Å². The minimum Gasteiger partial charge on any atom is -0.497 e. The smallest absolute Gasteiger partial charge is 0.294 e. The molecule has 0 unspecified atom stereocenters. The maximum atomic E-state index is 13.1. The quantitative estimate of drug-likeness (QED) is 0.609. The third-order valence-electron chi connectivity index (χ3n) is 5.61. The van der Waals surface area contributed by atoms with Crippen molar-refractivity contribution >= 4 is 23.2 Å². The third-order valence-corrected chi connectivity index (χ3v) is 5.61. The minimum atomic E-state index is -0.312. The standard InChI is InChI=1S/C25H25N3O4/c1-16-22-20(26-27-24(29)17-12-14-19(31-3)15-13-17)10-7-11-21(22)32-23(16)25(30)28(2)18-8-5-4-6-9-18/h4-6,8-9,12-15H,7,10-11H2,1-3H3,(H,27,29)/b26-20+. The van der Waals surface area contributed by atoms with Gasteiger partial charge in [0.25, 0.3) is 11.8 Å². The molecule has 0 saturated carbocycles. The van der Waals surface area contributed by atoms with Crippen molar-refractivity contribution in [1.82, 2.24) is 5.43 Å². The van der Waals surface area contributed by atoms with E-state index in [1.54, 1.807) is 43.3 Å². The van der Waals surface area contributed by atoms with Crippen molar-refractivity contribution in [3.63, 3.8) is 0 Å². The number of hydrogen-bond acceptors (Lipinski definition) is 5. The molecule has 1 aliphatic carbocycles. The van der Waals surface area contributed by atoms with Gasteiger partial charge in [-0.3, -0.25) is 9.59 Å². The highest BCUT2D eigenvalue weighted by molar-refractivity contribution is 6.10. The van der Waals surface area contributed by atoms with Gasteiger partial charge in [0.2, 0.25) is 0 Å². The Labute approximate surface area is 186 Å². The van der Waals surface area contributed by atoms with Crippen LogP contribution in [0.5, 0.6) is 5.75 Å². The van der Waals surface area contributed by atoms with Crippen LogP contribution in [0.3, 0.4) is 0 Å². The molecule has 0 spiro atoms. The summed E-state index contributed by atoms with van der Waals surface area (Å²) in [5.74, 6) is 1.18. The first-order chi connectivity index (χ1) is 15.5. The molecule has 0 bridgehead atoms. The van der Waals surface area contributed by atoms with Crippen LogP contribution in [0, 0.1) is 6.92 Å². The van der Waals surface area contributed by atoms with Crippen LogP contribution in [0.15, 0.2) is 64.1 Å². The molecule has 1 aromatic heterocycles. The molecular weight excluding hydrogens is 406 g/mol. The highest BCUT2D eigenvalue weighted by Gasteiger charge is 2.29. The Morgan fingerprint density at radius 1 is 1.06 bits per heavy atom. The third kappa shape index (κ3) is 4.14. The van der Waals surface area contributed by atoms with E-state index >= 15 is 0 Å². The summed E-state index contributed by atoms with van der Waals surface area (Å²) >= 11 is 0. The monoisotopic (exact) mass is 431 g/mol. The van der Waals surface area contributed by atoms with E-state index in [1.807, 2.05) is 37.3 Å². The lowest BCUT2D eigenvalue weighted by atomic mass is 9.93. The molecule has 1 aliphatic rings. The molecular formula is C25H25N3O4. The van der Waals surface area contributed by atoms with Crippen LogP contribution in [0.1, 0.15) is 50.6 Å². The van der Waals surface area contributed by atoms with E-state index in [4.69, 9.17) is 9.15 Å². The predicted molar refractivity (Wildman–Crippen MR) is 123 cm³/mol. The van der Waals surface area contributed by atoms with Crippen molar-refractivity contribution in [2.75, 3.05) is 19.1 Å². The van der Waals surface area contributed by atoms with Gasteiger partial charge in [0.05, 0.1) is 12.8 Å². The number of ether oxygens (including phenoxy) is 1. The number of furan rings is 1. The number of methoxy groups -OCH3 is 1. The Bertz CT molecular complexity index is 1160. The second kappa shape index (κ2) is 9.09. The van der Waals surface area contributed by atoms with Crippen molar-refractivity contribution in [3.05, 3.63) is 82.8 Å². The van der Waals surface area contributed by atoms with Gasteiger partial charge in [0.15, 0.2) is 5.76 Å². The summed E-state index contributed by atoms with van der Waals surface area (Å²) in [6.45, 7) is 1.86. The zero-order valence-corrected chi connectivity index (χ0v) is 18.3. The van der Waals surface area contributed by atoms with E-state index in [0.717, 1.165) is 41.1 Å². The summed E-state index contributed by atoms with van der Waals surface area (Å²) in [5.41, 5.74) is 6.17. The number of fused-ring (bicyclic) bond motifs is 1. The fourth-order valence-corrected chi connectivity index (χ4v) is 3.83. The number of amides is 2. The number of carbonyl (C=O) groups is 2. The normalized spacial score (nSPS) is 14.0. The molecule has 32 heavy (non-hydrogen) atoms. The number of aryl methyl sites for hydroxylation is 1. The maximum Gasteiger partial charge on any atom is 0.294 e. The summed E-state index contributed by atoms with van der Waals surface area (Å²) in [6.07, 6.45) is 2.25. The van der Waals surface area contributed by atoms with Crippen LogP contribution in [0.25, 0.3) is 0 Å². The van der Waals surface area contributed by atoms with Gasteiger partial charge in [-0.15, -0.1) is 0 Å². The summed E-state index contributed by atoms with van der Waals surface area (Å²) in [4.78, 5) is 27.2. The number of benzene rings is 2. The van der Waals surface area contributed by atoms with Gasteiger partial charge in [-0.1, -0.05) is 18.2 Å². The molecule has 7 heteroatoms. The predicted octanol–water partition coefficient (Wildman–Crippen LogP) is 4.34. The van der Waals surface area contributed by atoms with Crippen molar-refractivity contribution in [3.8, 4) is 5.75 Å². The molecule has 4 rings (SSSR count). The van der Waals surface area contributed by atoms with Gasteiger partial charge in [-0.05, 0) is 56.2 Å². The SMILES string of the molecule is COc1ccc(C(=O)N/N=C2\CCCc3oc(C(=O)N(C)c4ccccc4)c(C)c32)cc1. The number of nitrogens with zero attached hydrogens (tertiary/aromatic N) is 2. The highest BCUT2D eigenvalue weighted by atomic mass is 16.5. The molecule has 0 radical (unpaired) electrons. The fourth-order valence-electron chi connectivity index (χ4n) is 3.83. The number of hydrogen-bond donors (Lipinski definition) is 1. The lowest BCUT2D eigenvalue weighted by Crippen LogP contribution is -2.26. The van der Waals surface area contributed by atoms with Crippen LogP contribution in [-0.4, -0.2) is 31.7 Å². The van der Waals surface area contributed by atoms with Crippen LogP contribution in [0.4, 0.5) is 5.69 Å². The van der Waals surface area contributed by atoms with E-state index < -0.39 is 0 Å². The zero-order chi connectivity index (χ0) is 22.7. The number of anilines is 1. The number of para-hydroxylation sites is 1. The number of rotatable bonds is 5. The molecule has 164 valence electrons. The molecule has 0 aliphatic heterocycles. The van der Waals surface area contributed by atoms with Crippen molar-refractivity contribution in [2.24, 2.45) is 5.10 Å². The molecule has 1 N–H and O–H groups in total. The lowest BCUT2D eigenvalue weighted by Gasteiger charge is -2.16. The minimum absolute atomic E-state index is 0.218. The topological polar surface area (TPSA) is 84.1 Å². The summed E-state index contributed by atoms with van der Waals surface area (Å²) < 4.78 is 11.1. The van der Waals surface area contributed by atoms with Gasteiger partial charge in [-0.2, -0.15) is 5.10 Å². The van der Waals surface area contributed by atoms with E-state index in [1.165, 1.54) is 0 Å². The van der Waals surface area contributed by atoms with Crippen molar-refractivity contribution in [2.45, 2.75) is 26.2 Å². The second-order valence-corrected chi connectivity index (χ2v) is 7.64. The van der Waals surface area contributed by atoms with E-state index in [-0.39, 0.29) is 11.8 Å². The molecule has 7 nitrogen and oxygen atoms in total. The van der Waals surface area contributed by atoms with Gasteiger partial charge in [0, 0.05) is 35.8 Å². The van der Waals surface area contributed by atoms with E-state index in [0.29, 0.717) is 23.5 Å². The Morgan fingerprint density at radius 2 is 1.78 bits per heavy atom. The van der Waals surface area contributed by atoms with Crippen LogP contribution in [0.2, 0.25) is 0 Å². The summed E-state index contributed by atoms with van der Waals surface area (Å²) in [7, 11) is 3.30. The molecule has 0 fully saturated rings. The van der Waals surface area contributed by atoms with Gasteiger partial charge < -0.3 is 14.1 Å². The Balaban J connectivity index is 1.57. The Hall–Kier alpha value is -3.87. The first kappa shape index (κ1) is 21.4. The highest BCUT2D eigenvalue weighted by Crippen LogP contribution is 2.31. The van der Waals surface area contributed by atoms with Gasteiger partial charge in [0.1, 0.15) is 11.5 Å².